The number of amides is 4. The zero-order valence-electron chi connectivity index (χ0n) is 78.4. The molecule has 27 nitrogen and oxygen atoms in total. The quantitative estimate of drug-likeness (QED) is 0.0647. The highest BCUT2D eigenvalue weighted by Crippen LogP contribution is 2.37. The molecule has 4 aliphatic rings. The summed E-state index contributed by atoms with van der Waals surface area (Å²) in [6, 6.07) is 107. The van der Waals surface area contributed by atoms with Gasteiger partial charge < -0.3 is 47.6 Å². The largest absolute Gasteiger partial charge is 0.464 e. The summed E-state index contributed by atoms with van der Waals surface area (Å²) in [4.78, 5) is 81.5. The number of carbonyl (C=O) groups is 4. The van der Waals surface area contributed by atoms with Crippen LogP contribution in [0.3, 0.4) is 0 Å². The Labute approximate surface area is 828 Å². The molecule has 4 amide bonds. The Hall–Kier alpha value is -17.3. The lowest BCUT2D eigenvalue weighted by Gasteiger charge is -2.35. The van der Waals surface area contributed by atoms with E-state index < -0.39 is 0 Å². The lowest BCUT2D eigenvalue weighted by molar-refractivity contribution is -0.133. The molecule has 11 aromatic heterocycles. The van der Waals surface area contributed by atoms with Gasteiger partial charge in [-0.05, 0) is 125 Å². The van der Waals surface area contributed by atoms with Gasteiger partial charge in [-0.3, -0.25) is 37.9 Å². The molecule has 4 saturated heterocycles. The van der Waals surface area contributed by atoms with Gasteiger partial charge in [0.05, 0.1) is 68.9 Å². The fourth-order valence-corrected chi connectivity index (χ4v) is 19.6. The number of piperazine rings is 3. The Morgan fingerprint density at radius 3 is 0.937 bits per heavy atom. The summed E-state index contributed by atoms with van der Waals surface area (Å²) in [6.07, 6.45) is 10.3. The van der Waals surface area contributed by atoms with Crippen LogP contribution in [0, 0.1) is 5.82 Å². The number of anilines is 3. The second-order valence-electron chi connectivity index (χ2n) is 35.3. The van der Waals surface area contributed by atoms with Crippen molar-refractivity contribution in [3.63, 3.8) is 0 Å². The molecule has 712 valence electrons. The third-order valence-corrected chi connectivity index (χ3v) is 27.3. The molecule has 15 heterocycles. The number of halogens is 1. The first-order chi connectivity index (χ1) is 70.4. The van der Waals surface area contributed by atoms with Gasteiger partial charge in [0.25, 0.3) is 0 Å². The standard InChI is InChI=1S/C30H26FN5O2.2C28H25N5O2.C28H25N5OS/c31-25-13-11-23(12-14-25)29-32-33-30(38-29)24-15-17-35(18-16-24)28(37)20-36-27(22-9-5-2-6-10-22)19-26(34-36)21-7-3-1-4-8-21;3*34-27(31-14-16-32(17-15-31)28-23-12-18-35-26(23)11-13-29-28)20-33-25(22-9-5-2-6-10-22)19-24(30-33)21-7-3-1-4-8-21/h1-14,19,24H,15-18,20H2;3*1-13,18-19H,14-17,20H2. The number of hydrogen-bond donors (Lipinski definition) is 0. The van der Waals surface area contributed by atoms with Gasteiger partial charge in [-0.15, -0.1) is 21.5 Å². The number of likely N-dealkylation sites (tertiary alicyclic amines) is 1. The average molecular weight is 1910 g/mol. The summed E-state index contributed by atoms with van der Waals surface area (Å²) in [6.45, 7) is 10.3. The highest BCUT2D eigenvalue weighted by atomic mass is 32.1. The zero-order valence-corrected chi connectivity index (χ0v) is 79.3. The predicted octanol–water partition coefficient (Wildman–Crippen LogP) is 20.4. The molecule has 0 spiro atoms. The zero-order chi connectivity index (χ0) is 96.7. The maximum absolute atomic E-state index is 13.3. The van der Waals surface area contributed by atoms with E-state index in [1.54, 1.807) is 53.1 Å². The Morgan fingerprint density at radius 1 is 0.308 bits per heavy atom. The lowest BCUT2D eigenvalue weighted by atomic mass is 9.97. The van der Waals surface area contributed by atoms with Crippen LogP contribution in [0.5, 0.6) is 0 Å². The summed E-state index contributed by atoms with van der Waals surface area (Å²) < 4.78 is 38.7. The van der Waals surface area contributed by atoms with Crippen LogP contribution in [-0.4, -0.2) is 199 Å². The second kappa shape index (κ2) is 43.0. The number of hydrogen-bond acceptors (Lipinski definition) is 20. The number of pyridine rings is 3. The minimum Gasteiger partial charge on any atom is -0.464 e. The van der Waals surface area contributed by atoms with Crippen molar-refractivity contribution in [2.45, 2.75) is 44.9 Å². The molecule has 29 heteroatoms. The molecule has 0 saturated carbocycles. The lowest BCUT2D eigenvalue weighted by Crippen LogP contribution is -2.50. The van der Waals surface area contributed by atoms with Crippen molar-refractivity contribution in [1.82, 2.24) is 83.9 Å². The molecule has 0 radical (unpaired) electrons. The molecule has 4 fully saturated rings. The Bertz CT molecular complexity index is 7170. The number of nitrogens with zero attached hydrogens (tertiary/aromatic N) is 20. The van der Waals surface area contributed by atoms with Crippen LogP contribution < -0.4 is 14.7 Å². The van der Waals surface area contributed by atoms with Crippen molar-refractivity contribution in [3.8, 4) is 102 Å². The van der Waals surface area contributed by atoms with Gasteiger partial charge in [0.15, 0.2) is 0 Å². The Kier molecular flexibility index (Phi) is 27.6. The highest BCUT2D eigenvalue weighted by molar-refractivity contribution is 7.17. The molecule has 0 unspecified atom stereocenters. The van der Waals surface area contributed by atoms with E-state index in [9.17, 15) is 23.6 Å². The van der Waals surface area contributed by atoms with Gasteiger partial charge in [-0.1, -0.05) is 243 Å². The van der Waals surface area contributed by atoms with Crippen molar-refractivity contribution in [3.05, 3.63) is 376 Å². The molecular weight excluding hydrogens is 1810 g/mol. The van der Waals surface area contributed by atoms with E-state index in [2.05, 4.69) is 112 Å². The molecule has 143 heavy (non-hydrogen) atoms. The summed E-state index contributed by atoms with van der Waals surface area (Å²) in [5.74, 6) is 3.79. The third-order valence-electron chi connectivity index (χ3n) is 26.4. The number of thiophene rings is 1. The van der Waals surface area contributed by atoms with E-state index in [4.69, 9.17) is 33.6 Å². The molecule has 24 rings (SSSR count). The summed E-state index contributed by atoms with van der Waals surface area (Å²) in [5.41, 5.74) is 17.8. The number of fused-ring (bicyclic) bond motifs is 3. The smallest absolute Gasteiger partial charge is 0.247 e. The van der Waals surface area contributed by atoms with Crippen molar-refractivity contribution in [2.75, 3.05) is 106 Å². The number of carbonyl (C=O) groups excluding carboxylic acids is 4. The monoisotopic (exact) mass is 1910 g/mol. The minimum absolute atomic E-state index is 0.0286. The van der Waals surface area contributed by atoms with Crippen LogP contribution in [0.15, 0.2) is 377 Å². The first-order valence-corrected chi connectivity index (χ1v) is 49.0. The fraction of sp³-hybridized carbons (Fsp3) is 0.184. The molecule has 0 N–H and O–H groups in total. The van der Waals surface area contributed by atoms with E-state index in [0.717, 1.165) is 182 Å². The normalized spacial score (nSPS) is 14.0. The van der Waals surface area contributed by atoms with Gasteiger partial charge in [-0.2, -0.15) is 20.4 Å². The van der Waals surface area contributed by atoms with Gasteiger partial charge in [0.1, 0.15) is 60.6 Å². The summed E-state index contributed by atoms with van der Waals surface area (Å²) in [5, 5.41) is 32.9. The van der Waals surface area contributed by atoms with Crippen molar-refractivity contribution >= 4 is 84.4 Å². The minimum atomic E-state index is -0.312. The van der Waals surface area contributed by atoms with E-state index in [1.807, 2.05) is 276 Å². The van der Waals surface area contributed by atoms with Crippen LogP contribution >= 0.6 is 11.3 Å². The van der Waals surface area contributed by atoms with Gasteiger partial charge in [0, 0.05) is 154 Å². The number of furan rings is 2. The molecule has 20 aromatic rings. The fourth-order valence-electron chi connectivity index (χ4n) is 18.8. The second-order valence-corrected chi connectivity index (χ2v) is 36.3. The third kappa shape index (κ3) is 21.2. The number of aromatic nitrogens is 13. The van der Waals surface area contributed by atoms with Crippen LogP contribution in [0.4, 0.5) is 21.8 Å². The van der Waals surface area contributed by atoms with Crippen molar-refractivity contribution in [2.24, 2.45) is 0 Å². The highest BCUT2D eigenvalue weighted by Gasteiger charge is 2.33. The molecular formula is C114H101FN20O7S. The molecule has 0 aliphatic carbocycles. The SMILES string of the molecule is O=C(Cn1nc(-c2ccccc2)cc1-c1ccccc1)N1CCC(c2nnc(-c3ccc(F)cc3)o2)CC1.O=C(Cn1nc(-c2ccccc2)cc1-c1ccccc1)N1CCN(c2nccc3occc23)CC1.O=C(Cn1nc(-c2ccccc2)cc1-c1ccccc1)N1CCN(c2nccc3occc23)CC1.O=C(Cn1nc(-c2ccccc2)cc1-c1ccccc1)N1CCN(c2nccc3sccc23)CC1. The summed E-state index contributed by atoms with van der Waals surface area (Å²) >= 11 is 1.73. The van der Waals surface area contributed by atoms with Crippen molar-refractivity contribution < 1.29 is 36.8 Å². The van der Waals surface area contributed by atoms with E-state index >= 15 is 0 Å². The van der Waals surface area contributed by atoms with E-state index in [0.29, 0.717) is 69.7 Å². The summed E-state index contributed by atoms with van der Waals surface area (Å²) in [7, 11) is 0. The first-order valence-electron chi connectivity index (χ1n) is 48.1. The maximum Gasteiger partial charge on any atom is 0.247 e. The van der Waals surface area contributed by atoms with Crippen LogP contribution in [0.25, 0.3) is 134 Å². The molecule has 4 aliphatic heterocycles. The van der Waals surface area contributed by atoms with E-state index in [1.165, 1.54) is 22.2 Å². The molecule has 0 atom stereocenters. The average Bonchev–Trinajstić information content (AvgIpc) is 1.71. The van der Waals surface area contributed by atoms with Gasteiger partial charge in [0.2, 0.25) is 35.4 Å². The molecule has 0 bridgehead atoms. The van der Waals surface area contributed by atoms with Crippen LogP contribution in [-0.2, 0) is 45.4 Å². The van der Waals surface area contributed by atoms with Gasteiger partial charge in [-0.25, -0.2) is 19.3 Å². The predicted molar refractivity (Wildman–Crippen MR) is 555 cm³/mol. The number of piperidine rings is 1. The van der Waals surface area contributed by atoms with Crippen LogP contribution in [0.1, 0.15) is 24.7 Å². The van der Waals surface area contributed by atoms with E-state index in [-0.39, 0.29) is 61.5 Å². The first kappa shape index (κ1) is 92.0. The number of rotatable bonds is 21. The Balaban J connectivity index is 0.000000113. The van der Waals surface area contributed by atoms with Gasteiger partial charge >= 0.3 is 0 Å². The van der Waals surface area contributed by atoms with Crippen molar-refractivity contribution in [1.29, 1.82) is 0 Å². The van der Waals surface area contributed by atoms with Crippen LogP contribution in [0.2, 0.25) is 0 Å². The molecule has 9 aromatic carbocycles. The number of benzene rings is 9. The maximum atomic E-state index is 13.3. The Morgan fingerprint density at radius 2 is 0.608 bits per heavy atom. The topological polar surface area (TPSA) is 266 Å².